The van der Waals surface area contributed by atoms with Crippen LogP contribution < -0.4 is 0 Å². The van der Waals surface area contributed by atoms with E-state index in [1.807, 2.05) is 53.4 Å². The normalized spacial score (nSPS) is 13.6. The van der Waals surface area contributed by atoms with Gasteiger partial charge >= 0.3 is 0 Å². The van der Waals surface area contributed by atoms with E-state index in [1.54, 1.807) is 17.1 Å². The van der Waals surface area contributed by atoms with Crippen LogP contribution in [0, 0.1) is 0 Å². The maximum absolute atomic E-state index is 12.8. The molecule has 3 aromatic rings. The average molecular weight is 338 g/mol. The van der Waals surface area contributed by atoms with E-state index >= 15 is 0 Å². The topological polar surface area (TPSA) is 38.1 Å². The molecule has 24 heavy (non-hydrogen) atoms. The summed E-state index contributed by atoms with van der Waals surface area (Å²) in [7, 11) is 0. The number of nitrogens with zero attached hydrogens (tertiary/aromatic N) is 3. The Morgan fingerprint density at radius 2 is 1.92 bits per heavy atom. The van der Waals surface area contributed by atoms with Gasteiger partial charge in [-0.3, -0.25) is 4.79 Å². The molecule has 0 radical (unpaired) electrons. The number of para-hydroxylation sites is 1. The first-order valence-electron chi connectivity index (χ1n) is 7.88. The van der Waals surface area contributed by atoms with E-state index in [-0.39, 0.29) is 5.91 Å². The number of halogens is 1. The zero-order valence-electron chi connectivity index (χ0n) is 13.0. The van der Waals surface area contributed by atoms with Crippen molar-refractivity contribution < 1.29 is 4.79 Å². The average Bonchev–Trinajstić information content (AvgIpc) is 3.12. The molecule has 0 aliphatic carbocycles. The Morgan fingerprint density at radius 3 is 2.75 bits per heavy atom. The first-order chi connectivity index (χ1) is 11.7. The van der Waals surface area contributed by atoms with Gasteiger partial charge < -0.3 is 4.90 Å². The third-order valence-electron chi connectivity index (χ3n) is 4.35. The zero-order valence-corrected chi connectivity index (χ0v) is 13.8. The maximum atomic E-state index is 12.8. The van der Waals surface area contributed by atoms with E-state index in [4.69, 9.17) is 11.6 Å². The summed E-state index contributed by atoms with van der Waals surface area (Å²) in [4.78, 5) is 14.6. The Morgan fingerprint density at radius 1 is 1.08 bits per heavy atom. The van der Waals surface area contributed by atoms with Gasteiger partial charge in [0.2, 0.25) is 0 Å². The van der Waals surface area contributed by atoms with Crippen LogP contribution in [-0.4, -0.2) is 27.1 Å². The highest BCUT2D eigenvalue weighted by Crippen LogP contribution is 2.26. The van der Waals surface area contributed by atoms with Gasteiger partial charge in [-0.25, -0.2) is 4.68 Å². The minimum Gasteiger partial charge on any atom is -0.334 e. The highest BCUT2D eigenvalue weighted by Gasteiger charge is 2.24. The summed E-state index contributed by atoms with van der Waals surface area (Å²) in [5.41, 5.74) is 3.82. The quantitative estimate of drug-likeness (QED) is 0.714. The third-order valence-corrected chi connectivity index (χ3v) is 4.70. The predicted octanol–water partition coefficient (Wildman–Crippen LogP) is 3.72. The molecule has 0 spiro atoms. The molecular formula is C19H16ClN3O. The second-order valence-corrected chi connectivity index (χ2v) is 6.27. The van der Waals surface area contributed by atoms with Crippen molar-refractivity contribution in [1.29, 1.82) is 0 Å². The minimum absolute atomic E-state index is 0.00260. The molecule has 4 rings (SSSR count). The smallest absolute Gasteiger partial charge is 0.257 e. The number of aromatic nitrogens is 2. The molecule has 0 atom stereocenters. The van der Waals surface area contributed by atoms with Crippen LogP contribution in [0.3, 0.4) is 0 Å². The van der Waals surface area contributed by atoms with Crippen molar-refractivity contribution in [2.24, 2.45) is 0 Å². The molecular weight excluding hydrogens is 322 g/mol. The molecule has 1 amide bonds. The number of amides is 1. The highest BCUT2D eigenvalue weighted by atomic mass is 35.5. The van der Waals surface area contributed by atoms with Gasteiger partial charge in [0.15, 0.2) is 0 Å². The summed E-state index contributed by atoms with van der Waals surface area (Å²) in [6, 6.07) is 15.6. The van der Waals surface area contributed by atoms with Crippen LogP contribution in [0.15, 0.2) is 60.9 Å². The fourth-order valence-corrected chi connectivity index (χ4v) is 3.36. The molecule has 0 saturated carbocycles. The molecule has 2 heterocycles. The Balaban J connectivity index is 1.56. The number of fused-ring (bicyclic) bond motifs is 1. The maximum Gasteiger partial charge on any atom is 0.257 e. The standard InChI is InChI=1S/C19H16ClN3O/c20-18-8-4-5-14-12-22(10-9-17(14)18)19(24)15-11-21-23(13-15)16-6-2-1-3-7-16/h1-8,11,13H,9-10,12H2. The lowest BCUT2D eigenvalue weighted by Gasteiger charge is -2.29. The van der Waals surface area contributed by atoms with Crippen LogP contribution in [0.4, 0.5) is 0 Å². The van der Waals surface area contributed by atoms with E-state index in [9.17, 15) is 4.79 Å². The number of rotatable bonds is 2. The van der Waals surface area contributed by atoms with Crippen molar-refractivity contribution in [1.82, 2.24) is 14.7 Å². The summed E-state index contributed by atoms with van der Waals surface area (Å²) in [6.07, 6.45) is 4.20. The van der Waals surface area contributed by atoms with Gasteiger partial charge in [0.25, 0.3) is 5.91 Å². The molecule has 0 saturated heterocycles. The molecule has 1 aliphatic heterocycles. The number of carbonyl (C=O) groups excluding carboxylic acids is 1. The lowest BCUT2D eigenvalue weighted by atomic mass is 9.99. The molecule has 0 unspecified atom stereocenters. The largest absolute Gasteiger partial charge is 0.334 e. The molecule has 0 fully saturated rings. The first kappa shape index (κ1) is 15.0. The Kier molecular flexibility index (Phi) is 3.82. The number of benzene rings is 2. The Hall–Kier alpha value is -2.59. The van der Waals surface area contributed by atoms with Gasteiger partial charge in [-0.1, -0.05) is 41.9 Å². The van der Waals surface area contributed by atoms with Crippen molar-refractivity contribution in [3.8, 4) is 5.69 Å². The zero-order chi connectivity index (χ0) is 16.5. The van der Waals surface area contributed by atoms with Crippen molar-refractivity contribution >= 4 is 17.5 Å². The summed E-state index contributed by atoms with van der Waals surface area (Å²) in [5.74, 6) is 0.00260. The van der Waals surface area contributed by atoms with Crippen molar-refractivity contribution in [2.45, 2.75) is 13.0 Å². The molecule has 4 nitrogen and oxygen atoms in total. The van der Waals surface area contributed by atoms with E-state index in [0.29, 0.717) is 18.7 Å². The molecule has 2 aromatic carbocycles. The summed E-state index contributed by atoms with van der Waals surface area (Å²) in [5, 5.41) is 5.10. The van der Waals surface area contributed by atoms with Crippen LogP contribution in [0.25, 0.3) is 5.69 Å². The van der Waals surface area contributed by atoms with Crippen LogP contribution >= 0.6 is 11.6 Å². The van der Waals surface area contributed by atoms with Gasteiger partial charge in [-0.15, -0.1) is 0 Å². The molecule has 120 valence electrons. The van der Waals surface area contributed by atoms with Crippen molar-refractivity contribution in [2.75, 3.05) is 6.54 Å². The summed E-state index contributed by atoms with van der Waals surface area (Å²) >= 11 is 6.24. The van der Waals surface area contributed by atoms with Gasteiger partial charge in [-0.05, 0) is 35.7 Å². The lowest BCUT2D eigenvalue weighted by molar-refractivity contribution is 0.0734. The van der Waals surface area contributed by atoms with Gasteiger partial charge in [-0.2, -0.15) is 5.10 Å². The van der Waals surface area contributed by atoms with Crippen molar-refractivity contribution in [3.05, 3.63) is 82.6 Å². The van der Waals surface area contributed by atoms with Crippen LogP contribution in [0.1, 0.15) is 21.5 Å². The SMILES string of the molecule is O=C(c1cnn(-c2ccccc2)c1)N1CCc2c(Cl)cccc2C1. The summed E-state index contributed by atoms with van der Waals surface area (Å²) in [6.45, 7) is 1.26. The Labute approximate surface area is 145 Å². The monoisotopic (exact) mass is 337 g/mol. The second kappa shape index (κ2) is 6.13. The Bertz CT molecular complexity index is 889. The third kappa shape index (κ3) is 2.69. The summed E-state index contributed by atoms with van der Waals surface area (Å²) < 4.78 is 1.72. The highest BCUT2D eigenvalue weighted by molar-refractivity contribution is 6.31. The fourth-order valence-electron chi connectivity index (χ4n) is 3.07. The van der Waals surface area contributed by atoms with E-state index < -0.39 is 0 Å². The fraction of sp³-hybridized carbons (Fsp3) is 0.158. The van der Waals surface area contributed by atoms with Crippen LogP contribution in [-0.2, 0) is 13.0 Å². The number of hydrogen-bond acceptors (Lipinski definition) is 2. The molecule has 1 aromatic heterocycles. The van der Waals surface area contributed by atoms with Crippen molar-refractivity contribution in [3.63, 3.8) is 0 Å². The molecule has 0 N–H and O–H groups in total. The molecule has 5 heteroatoms. The van der Waals surface area contributed by atoms with E-state index in [0.717, 1.165) is 28.3 Å². The van der Waals surface area contributed by atoms with Crippen LogP contribution in [0.5, 0.6) is 0 Å². The second-order valence-electron chi connectivity index (χ2n) is 5.86. The lowest BCUT2D eigenvalue weighted by Crippen LogP contribution is -2.35. The van der Waals surface area contributed by atoms with E-state index in [2.05, 4.69) is 5.10 Å². The van der Waals surface area contributed by atoms with Gasteiger partial charge in [0, 0.05) is 24.3 Å². The molecule has 0 bridgehead atoms. The van der Waals surface area contributed by atoms with Crippen LogP contribution in [0.2, 0.25) is 5.02 Å². The first-order valence-corrected chi connectivity index (χ1v) is 8.26. The van der Waals surface area contributed by atoms with E-state index in [1.165, 1.54) is 0 Å². The predicted molar refractivity (Wildman–Crippen MR) is 93.5 cm³/mol. The van der Waals surface area contributed by atoms with Gasteiger partial charge in [0.05, 0.1) is 17.4 Å². The number of hydrogen-bond donors (Lipinski definition) is 0. The van der Waals surface area contributed by atoms with Gasteiger partial charge in [0.1, 0.15) is 0 Å². The molecule has 1 aliphatic rings. The minimum atomic E-state index is 0.00260. The number of carbonyl (C=O) groups is 1.